The Bertz CT molecular complexity index is 557. The van der Waals surface area contributed by atoms with Crippen molar-refractivity contribution in [1.29, 1.82) is 0 Å². The van der Waals surface area contributed by atoms with Gasteiger partial charge in [0.2, 0.25) is 5.91 Å². The molecule has 0 saturated carbocycles. The van der Waals surface area contributed by atoms with Crippen LogP contribution in [0.1, 0.15) is 15.4 Å². The van der Waals surface area contributed by atoms with Crippen LogP contribution in [0.2, 0.25) is 0 Å². The van der Waals surface area contributed by atoms with E-state index in [2.05, 4.69) is 20.6 Å². The van der Waals surface area contributed by atoms with Crippen molar-refractivity contribution >= 4 is 23.2 Å². The number of carbonyl (C=O) groups is 2. The van der Waals surface area contributed by atoms with E-state index in [1.807, 2.05) is 17.5 Å². The number of hydrogen-bond acceptors (Lipinski definition) is 5. The van der Waals surface area contributed by atoms with Crippen LogP contribution in [-0.4, -0.2) is 34.9 Å². The van der Waals surface area contributed by atoms with Crippen LogP contribution < -0.4 is 10.6 Å². The molecule has 0 unspecified atom stereocenters. The maximum atomic E-state index is 11.6. The van der Waals surface area contributed by atoms with E-state index in [1.54, 1.807) is 11.3 Å². The Morgan fingerprint density at radius 1 is 1.20 bits per heavy atom. The van der Waals surface area contributed by atoms with Gasteiger partial charge >= 0.3 is 0 Å². The van der Waals surface area contributed by atoms with Crippen molar-refractivity contribution in [3.63, 3.8) is 0 Å². The van der Waals surface area contributed by atoms with Crippen LogP contribution in [0, 0.1) is 0 Å². The maximum absolute atomic E-state index is 11.6. The van der Waals surface area contributed by atoms with Gasteiger partial charge in [-0.1, -0.05) is 6.07 Å². The van der Waals surface area contributed by atoms with Crippen LogP contribution in [0.15, 0.2) is 36.1 Å². The fourth-order valence-electron chi connectivity index (χ4n) is 1.52. The predicted octanol–water partition coefficient (Wildman–Crippen LogP) is 0.627. The van der Waals surface area contributed by atoms with Crippen LogP contribution in [0.3, 0.4) is 0 Å². The molecule has 2 amide bonds. The van der Waals surface area contributed by atoms with Gasteiger partial charge in [0.1, 0.15) is 5.69 Å². The summed E-state index contributed by atoms with van der Waals surface area (Å²) in [7, 11) is 0. The first-order valence-electron chi connectivity index (χ1n) is 6.09. The van der Waals surface area contributed by atoms with E-state index in [4.69, 9.17) is 0 Å². The second kappa shape index (κ2) is 7.34. The van der Waals surface area contributed by atoms with E-state index >= 15 is 0 Å². The summed E-state index contributed by atoms with van der Waals surface area (Å²) in [6, 6.07) is 3.83. The number of nitrogens with one attached hydrogen (secondary N) is 2. The van der Waals surface area contributed by atoms with Gasteiger partial charge in [-0.2, -0.15) is 0 Å². The van der Waals surface area contributed by atoms with Crippen LogP contribution in [0.5, 0.6) is 0 Å². The van der Waals surface area contributed by atoms with E-state index in [9.17, 15) is 9.59 Å². The number of thiophene rings is 1. The van der Waals surface area contributed by atoms with E-state index in [-0.39, 0.29) is 17.5 Å². The lowest BCUT2D eigenvalue weighted by Crippen LogP contribution is -2.35. The van der Waals surface area contributed by atoms with Gasteiger partial charge in [0.15, 0.2) is 0 Å². The Hall–Kier alpha value is -2.28. The van der Waals surface area contributed by atoms with E-state index in [0.717, 1.165) is 4.88 Å². The minimum absolute atomic E-state index is 0.0544. The fourth-order valence-corrected chi connectivity index (χ4v) is 2.22. The van der Waals surface area contributed by atoms with Crippen molar-refractivity contribution in [2.24, 2.45) is 0 Å². The molecule has 0 aliphatic rings. The molecule has 6 nitrogen and oxygen atoms in total. The molecule has 0 aromatic carbocycles. The Balaban J connectivity index is 1.64. The minimum atomic E-state index is -0.300. The van der Waals surface area contributed by atoms with Crippen LogP contribution in [0.25, 0.3) is 0 Å². The highest BCUT2D eigenvalue weighted by molar-refractivity contribution is 7.10. The Morgan fingerprint density at radius 2 is 2.05 bits per heavy atom. The third kappa shape index (κ3) is 4.43. The van der Waals surface area contributed by atoms with Crippen LogP contribution in [0.4, 0.5) is 0 Å². The lowest BCUT2D eigenvalue weighted by Gasteiger charge is -2.06. The van der Waals surface area contributed by atoms with Gasteiger partial charge in [-0.3, -0.25) is 14.6 Å². The van der Waals surface area contributed by atoms with Crippen molar-refractivity contribution in [2.75, 3.05) is 13.1 Å². The summed E-state index contributed by atoms with van der Waals surface area (Å²) in [5.74, 6) is -0.355. The summed E-state index contributed by atoms with van der Waals surface area (Å²) in [6.07, 6.45) is 4.72. The van der Waals surface area contributed by atoms with Gasteiger partial charge in [-0.05, 0) is 11.4 Å². The molecular weight excluding hydrogens is 276 g/mol. The van der Waals surface area contributed by atoms with Gasteiger partial charge in [-0.25, -0.2) is 4.98 Å². The zero-order chi connectivity index (χ0) is 14.2. The summed E-state index contributed by atoms with van der Waals surface area (Å²) in [5, 5.41) is 7.34. The van der Waals surface area contributed by atoms with E-state index < -0.39 is 0 Å². The fraction of sp³-hybridized carbons (Fsp3) is 0.231. The van der Waals surface area contributed by atoms with Gasteiger partial charge < -0.3 is 10.6 Å². The van der Waals surface area contributed by atoms with Crippen molar-refractivity contribution < 1.29 is 9.59 Å². The average Bonchev–Trinajstić information content (AvgIpc) is 2.97. The summed E-state index contributed by atoms with van der Waals surface area (Å²) in [6.45, 7) is 0.738. The highest BCUT2D eigenvalue weighted by Gasteiger charge is 2.06. The summed E-state index contributed by atoms with van der Waals surface area (Å²) < 4.78 is 0. The molecule has 2 heterocycles. The first-order chi connectivity index (χ1) is 9.75. The van der Waals surface area contributed by atoms with Crippen molar-refractivity contribution in [3.05, 3.63) is 46.7 Å². The zero-order valence-electron chi connectivity index (χ0n) is 10.7. The first kappa shape index (κ1) is 14.1. The summed E-state index contributed by atoms with van der Waals surface area (Å²) in [5.41, 5.74) is 0.261. The summed E-state index contributed by atoms with van der Waals surface area (Å²) >= 11 is 1.55. The second-order valence-electron chi connectivity index (χ2n) is 3.95. The monoisotopic (exact) mass is 290 g/mol. The topological polar surface area (TPSA) is 84.0 Å². The van der Waals surface area contributed by atoms with Crippen molar-refractivity contribution in [2.45, 2.75) is 6.42 Å². The van der Waals surface area contributed by atoms with Gasteiger partial charge in [0.25, 0.3) is 5.91 Å². The molecule has 2 aromatic heterocycles. The molecule has 0 radical (unpaired) electrons. The molecule has 0 bridgehead atoms. The van der Waals surface area contributed by atoms with Gasteiger partial charge in [-0.15, -0.1) is 11.3 Å². The predicted molar refractivity (Wildman–Crippen MR) is 75.4 cm³/mol. The molecule has 2 N–H and O–H groups in total. The lowest BCUT2D eigenvalue weighted by molar-refractivity contribution is -0.120. The normalized spacial score (nSPS) is 10.0. The van der Waals surface area contributed by atoms with E-state index in [0.29, 0.717) is 19.5 Å². The molecule has 7 heteroatoms. The number of aromatic nitrogens is 2. The second-order valence-corrected chi connectivity index (χ2v) is 4.98. The SMILES string of the molecule is O=C(Cc1cccs1)NCCNC(=O)c1cnccn1. The van der Waals surface area contributed by atoms with Crippen molar-refractivity contribution in [1.82, 2.24) is 20.6 Å². The molecule has 0 aliphatic carbocycles. The smallest absolute Gasteiger partial charge is 0.271 e. The molecule has 20 heavy (non-hydrogen) atoms. The minimum Gasteiger partial charge on any atom is -0.354 e. The molecule has 104 valence electrons. The van der Waals surface area contributed by atoms with Crippen LogP contribution >= 0.6 is 11.3 Å². The van der Waals surface area contributed by atoms with Crippen LogP contribution in [-0.2, 0) is 11.2 Å². The Morgan fingerprint density at radius 3 is 2.75 bits per heavy atom. The molecule has 0 aliphatic heterocycles. The highest BCUT2D eigenvalue weighted by atomic mass is 32.1. The molecule has 2 aromatic rings. The molecule has 0 saturated heterocycles. The lowest BCUT2D eigenvalue weighted by atomic mass is 10.3. The third-order valence-electron chi connectivity index (χ3n) is 2.44. The first-order valence-corrected chi connectivity index (χ1v) is 6.97. The number of rotatable bonds is 6. The Kier molecular flexibility index (Phi) is 5.19. The molecular formula is C13H14N4O2S. The number of hydrogen-bond donors (Lipinski definition) is 2. The molecule has 0 fully saturated rings. The average molecular weight is 290 g/mol. The highest BCUT2D eigenvalue weighted by Crippen LogP contribution is 2.08. The zero-order valence-corrected chi connectivity index (χ0v) is 11.5. The Labute approximate surface area is 120 Å². The number of amides is 2. The van der Waals surface area contributed by atoms with E-state index in [1.165, 1.54) is 18.6 Å². The standard InChI is InChI=1S/C13H14N4O2S/c18-12(8-10-2-1-7-20-10)16-5-6-17-13(19)11-9-14-3-4-15-11/h1-4,7,9H,5-6,8H2,(H,16,18)(H,17,19). The van der Waals surface area contributed by atoms with Gasteiger partial charge in [0, 0.05) is 30.4 Å². The molecule has 2 rings (SSSR count). The summed E-state index contributed by atoms with van der Waals surface area (Å²) in [4.78, 5) is 31.9. The molecule has 0 spiro atoms. The molecule has 0 atom stereocenters. The third-order valence-corrected chi connectivity index (χ3v) is 3.32. The van der Waals surface area contributed by atoms with Gasteiger partial charge in [0.05, 0.1) is 12.6 Å². The quantitative estimate of drug-likeness (QED) is 0.764. The number of carbonyl (C=O) groups excluding carboxylic acids is 2. The maximum Gasteiger partial charge on any atom is 0.271 e. The largest absolute Gasteiger partial charge is 0.354 e. The van der Waals surface area contributed by atoms with Crippen molar-refractivity contribution in [3.8, 4) is 0 Å². The number of nitrogens with zero attached hydrogens (tertiary/aromatic N) is 2.